The van der Waals surface area contributed by atoms with Crippen LogP contribution in [-0.2, 0) is 9.53 Å². The molecule has 1 N–H and O–H groups in total. The van der Waals surface area contributed by atoms with Gasteiger partial charge in [0, 0.05) is 13.1 Å². The van der Waals surface area contributed by atoms with E-state index in [0.717, 1.165) is 38.4 Å². The minimum atomic E-state index is -0.150. The maximum Gasteiger partial charge on any atom is 0.322 e. The second kappa shape index (κ2) is 8.48. The van der Waals surface area contributed by atoms with Crippen LogP contribution < -0.4 is 5.32 Å². The number of nitrogens with zero attached hydrogens (tertiary/aromatic N) is 1. The monoisotopic (exact) mass is 256 g/mol. The van der Waals surface area contributed by atoms with Crippen molar-refractivity contribution in [3.8, 4) is 0 Å². The Morgan fingerprint density at radius 1 is 1.44 bits per heavy atom. The minimum Gasteiger partial charge on any atom is -0.468 e. The molecule has 0 radical (unpaired) electrons. The van der Waals surface area contributed by atoms with E-state index in [9.17, 15) is 4.79 Å². The van der Waals surface area contributed by atoms with Gasteiger partial charge in [-0.05, 0) is 44.7 Å². The summed E-state index contributed by atoms with van der Waals surface area (Å²) in [4.78, 5) is 14.1. The van der Waals surface area contributed by atoms with Gasteiger partial charge >= 0.3 is 5.97 Å². The highest BCUT2D eigenvalue weighted by Gasteiger charge is 2.25. The first-order valence-corrected chi connectivity index (χ1v) is 7.24. The topological polar surface area (TPSA) is 41.6 Å². The first kappa shape index (κ1) is 15.4. The zero-order chi connectivity index (χ0) is 13.4. The highest BCUT2D eigenvalue weighted by atomic mass is 16.5. The predicted octanol–water partition coefficient (Wildman–Crippen LogP) is 1.65. The highest BCUT2D eigenvalue weighted by Crippen LogP contribution is 2.29. The number of esters is 1. The second-order valence-electron chi connectivity index (χ2n) is 5.16. The number of methoxy groups -OCH3 is 1. The van der Waals surface area contributed by atoms with E-state index in [1.807, 2.05) is 0 Å². The molecule has 0 aliphatic heterocycles. The van der Waals surface area contributed by atoms with E-state index in [4.69, 9.17) is 4.74 Å². The molecule has 0 bridgehead atoms. The molecule has 18 heavy (non-hydrogen) atoms. The summed E-state index contributed by atoms with van der Waals surface area (Å²) >= 11 is 0. The van der Waals surface area contributed by atoms with Gasteiger partial charge < -0.3 is 15.0 Å². The zero-order valence-electron chi connectivity index (χ0n) is 12.1. The summed E-state index contributed by atoms with van der Waals surface area (Å²) in [6, 6.07) is -0.150. The van der Waals surface area contributed by atoms with Crippen molar-refractivity contribution in [1.29, 1.82) is 0 Å². The lowest BCUT2D eigenvalue weighted by Crippen LogP contribution is -2.41. The Balaban J connectivity index is 2.30. The van der Waals surface area contributed by atoms with Gasteiger partial charge in [0.1, 0.15) is 6.04 Å². The van der Waals surface area contributed by atoms with Crippen molar-refractivity contribution < 1.29 is 9.53 Å². The predicted molar refractivity (Wildman–Crippen MR) is 73.6 cm³/mol. The quantitative estimate of drug-likeness (QED) is 0.604. The lowest BCUT2D eigenvalue weighted by Gasteiger charge is -2.23. The Hall–Kier alpha value is -0.610. The normalized spacial score (nSPS) is 16.9. The average molecular weight is 256 g/mol. The molecule has 0 saturated heterocycles. The van der Waals surface area contributed by atoms with Gasteiger partial charge in [-0.3, -0.25) is 4.79 Å². The van der Waals surface area contributed by atoms with E-state index < -0.39 is 0 Å². The number of nitrogens with one attached hydrogen (secondary N) is 1. The average Bonchev–Trinajstić information content (AvgIpc) is 3.20. The summed E-state index contributed by atoms with van der Waals surface area (Å²) < 4.78 is 4.85. The molecule has 1 rings (SSSR count). The molecule has 1 atom stereocenters. The van der Waals surface area contributed by atoms with E-state index in [1.165, 1.54) is 26.5 Å². The van der Waals surface area contributed by atoms with E-state index in [2.05, 4.69) is 24.1 Å². The summed E-state index contributed by atoms with van der Waals surface area (Å²) in [6.45, 7) is 8.40. The van der Waals surface area contributed by atoms with Gasteiger partial charge in [0.2, 0.25) is 0 Å². The van der Waals surface area contributed by atoms with Crippen LogP contribution in [0.2, 0.25) is 0 Å². The molecule has 1 saturated carbocycles. The maximum absolute atomic E-state index is 11.7. The number of carbonyl (C=O) groups is 1. The van der Waals surface area contributed by atoms with Gasteiger partial charge in [-0.15, -0.1) is 0 Å². The smallest absolute Gasteiger partial charge is 0.322 e. The number of hydrogen-bond acceptors (Lipinski definition) is 4. The van der Waals surface area contributed by atoms with Gasteiger partial charge in [-0.2, -0.15) is 0 Å². The molecule has 1 aliphatic carbocycles. The van der Waals surface area contributed by atoms with Crippen molar-refractivity contribution in [2.24, 2.45) is 5.92 Å². The largest absolute Gasteiger partial charge is 0.468 e. The second-order valence-corrected chi connectivity index (χ2v) is 5.16. The third-order valence-electron chi connectivity index (χ3n) is 3.52. The fraction of sp³-hybridized carbons (Fsp3) is 0.929. The summed E-state index contributed by atoms with van der Waals surface area (Å²) in [5, 5.41) is 3.27. The third-order valence-corrected chi connectivity index (χ3v) is 3.52. The molecule has 1 fully saturated rings. The SMILES string of the molecule is CCCNC(CCN(CC)CC1CC1)C(=O)OC. The van der Waals surface area contributed by atoms with Crippen LogP contribution in [-0.4, -0.2) is 50.2 Å². The van der Waals surface area contributed by atoms with Gasteiger partial charge in [-0.25, -0.2) is 0 Å². The van der Waals surface area contributed by atoms with Crippen LogP contribution in [0.1, 0.15) is 39.5 Å². The number of carbonyl (C=O) groups excluding carboxylic acids is 1. The Bertz CT molecular complexity index is 242. The highest BCUT2D eigenvalue weighted by molar-refractivity contribution is 5.75. The standard InChI is InChI=1S/C14H28N2O2/c1-4-9-15-13(14(17)18-3)8-10-16(5-2)11-12-6-7-12/h12-13,15H,4-11H2,1-3H3. The van der Waals surface area contributed by atoms with Crippen LogP contribution >= 0.6 is 0 Å². The Kier molecular flexibility index (Phi) is 7.28. The first-order chi connectivity index (χ1) is 8.71. The number of rotatable bonds is 10. The minimum absolute atomic E-state index is 0.133. The van der Waals surface area contributed by atoms with Crippen molar-refractivity contribution >= 4 is 5.97 Å². The van der Waals surface area contributed by atoms with Crippen LogP contribution in [0.15, 0.2) is 0 Å². The summed E-state index contributed by atoms with van der Waals surface area (Å²) in [6.07, 6.45) is 4.64. The molecule has 0 aromatic heterocycles. The third kappa shape index (κ3) is 5.83. The van der Waals surface area contributed by atoms with Crippen molar-refractivity contribution in [2.75, 3.05) is 33.3 Å². The van der Waals surface area contributed by atoms with Gasteiger partial charge in [0.05, 0.1) is 7.11 Å². The number of hydrogen-bond donors (Lipinski definition) is 1. The van der Waals surface area contributed by atoms with Crippen LogP contribution in [0.3, 0.4) is 0 Å². The fourth-order valence-electron chi connectivity index (χ4n) is 2.12. The first-order valence-electron chi connectivity index (χ1n) is 7.24. The van der Waals surface area contributed by atoms with Gasteiger partial charge in [-0.1, -0.05) is 13.8 Å². The Labute approximate surface area is 111 Å². The van der Waals surface area contributed by atoms with Crippen LogP contribution in [0.25, 0.3) is 0 Å². The van der Waals surface area contributed by atoms with E-state index in [1.54, 1.807) is 0 Å². The van der Waals surface area contributed by atoms with Crippen molar-refractivity contribution in [1.82, 2.24) is 10.2 Å². The molecule has 0 amide bonds. The van der Waals surface area contributed by atoms with Crippen LogP contribution in [0.5, 0.6) is 0 Å². The lowest BCUT2D eigenvalue weighted by molar-refractivity contribution is -0.143. The molecule has 4 heteroatoms. The Morgan fingerprint density at radius 3 is 2.67 bits per heavy atom. The maximum atomic E-state index is 11.7. The van der Waals surface area contributed by atoms with Crippen LogP contribution in [0, 0.1) is 5.92 Å². The molecule has 0 heterocycles. The molecule has 0 aromatic carbocycles. The summed E-state index contributed by atoms with van der Waals surface area (Å²) in [5.41, 5.74) is 0. The van der Waals surface area contributed by atoms with Gasteiger partial charge in [0.15, 0.2) is 0 Å². The molecule has 4 nitrogen and oxygen atoms in total. The molecule has 0 aromatic rings. The van der Waals surface area contributed by atoms with Crippen LogP contribution in [0.4, 0.5) is 0 Å². The molecule has 1 unspecified atom stereocenters. The number of ether oxygens (including phenoxy) is 1. The zero-order valence-corrected chi connectivity index (χ0v) is 12.1. The van der Waals surface area contributed by atoms with Crippen molar-refractivity contribution in [3.05, 3.63) is 0 Å². The molecule has 1 aliphatic rings. The molecular weight excluding hydrogens is 228 g/mol. The van der Waals surface area contributed by atoms with E-state index in [0.29, 0.717) is 0 Å². The molecule has 0 spiro atoms. The summed E-state index contributed by atoms with van der Waals surface area (Å²) in [5.74, 6) is 0.774. The summed E-state index contributed by atoms with van der Waals surface area (Å²) in [7, 11) is 1.46. The molecular formula is C14H28N2O2. The lowest BCUT2D eigenvalue weighted by atomic mass is 10.2. The van der Waals surface area contributed by atoms with E-state index in [-0.39, 0.29) is 12.0 Å². The van der Waals surface area contributed by atoms with E-state index >= 15 is 0 Å². The Morgan fingerprint density at radius 2 is 2.17 bits per heavy atom. The fourth-order valence-corrected chi connectivity index (χ4v) is 2.12. The molecule has 106 valence electrons. The van der Waals surface area contributed by atoms with Crippen molar-refractivity contribution in [2.45, 2.75) is 45.6 Å². The van der Waals surface area contributed by atoms with Gasteiger partial charge in [0.25, 0.3) is 0 Å². The van der Waals surface area contributed by atoms with Crippen molar-refractivity contribution in [3.63, 3.8) is 0 Å².